The Hall–Kier alpha value is -3.03. The largest absolute Gasteiger partial charge is 0.497 e. The number of halogens is 1. The molecule has 0 saturated heterocycles. The van der Waals surface area contributed by atoms with Crippen LogP contribution in [0.15, 0.2) is 71.6 Å². The van der Waals surface area contributed by atoms with Crippen LogP contribution in [0.3, 0.4) is 0 Å². The van der Waals surface area contributed by atoms with Crippen LogP contribution < -0.4 is 14.8 Å². The summed E-state index contributed by atoms with van der Waals surface area (Å²) in [6, 6.07) is 18.3. The molecule has 1 amide bonds. The number of aryl methyl sites for hydroxylation is 1. The predicted octanol–water partition coefficient (Wildman–Crippen LogP) is 5.98. The van der Waals surface area contributed by atoms with Crippen molar-refractivity contribution in [2.45, 2.75) is 38.1 Å². The number of hydrogen-bond acceptors (Lipinski definition) is 4. The highest BCUT2D eigenvalue weighted by atomic mass is 35.5. The molecule has 0 bridgehead atoms. The first kappa shape index (κ1) is 25.6. The van der Waals surface area contributed by atoms with E-state index in [4.69, 9.17) is 16.3 Å². The van der Waals surface area contributed by atoms with Gasteiger partial charge in [-0.2, -0.15) is 0 Å². The average Bonchev–Trinajstić information content (AvgIpc) is 2.79. The molecule has 180 valence electrons. The number of benzene rings is 3. The number of hydrogen-bond donors (Lipinski definition) is 2. The molecular weight excluding hydrogens is 472 g/mol. The predicted molar refractivity (Wildman–Crippen MR) is 136 cm³/mol. The van der Waals surface area contributed by atoms with Crippen molar-refractivity contribution in [3.63, 3.8) is 0 Å². The summed E-state index contributed by atoms with van der Waals surface area (Å²) in [6.45, 7) is 6.04. The third-order valence-electron chi connectivity index (χ3n) is 5.33. The number of methoxy groups -OCH3 is 1. The van der Waals surface area contributed by atoms with Crippen molar-refractivity contribution in [3.05, 3.63) is 88.4 Å². The summed E-state index contributed by atoms with van der Waals surface area (Å²) in [6.07, 6.45) is 0.718. The third kappa shape index (κ3) is 6.52. The number of ether oxygens (including phenoxy) is 1. The van der Waals surface area contributed by atoms with Crippen molar-refractivity contribution < 1.29 is 17.9 Å². The minimum absolute atomic E-state index is 0.135. The van der Waals surface area contributed by atoms with Gasteiger partial charge in [0.1, 0.15) is 5.75 Å². The lowest BCUT2D eigenvalue weighted by atomic mass is 9.96. The lowest BCUT2D eigenvalue weighted by Gasteiger charge is -2.22. The highest BCUT2D eigenvalue weighted by molar-refractivity contribution is 7.92. The van der Waals surface area contributed by atoms with Crippen LogP contribution >= 0.6 is 11.6 Å². The molecule has 0 spiro atoms. The Balaban J connectivity index is 1.84. The van der Waals surface area contributed by atoms with Crippen LogP contribution in [0.2, 0.25) is 5.02 Å². The molecule has 1 unspecified atom stereocenters. The average molecular weight is 501 g/mol. The van der Waals surface area contributed by atoms with Crippen molar-refractivity contribution in [2.24, 2.45) is 5.92 Å². The quantitative estimate of drug-likeness (QED) is 0.378. The van der Waals surface area contributed by atoms with Crippen molar-refractivity contribution >= 4 is 33.2 Å². The van der Waals surface area contributed by atoms with Gasteiger partial charge in [0, 0.05) is 5.69 Å². The second-order valence-electron chi connectivity index (χ2n) is 8.54. The highest BCUT2D eigenvalue weighted by Gasteiger charge is 2.21. The summed E-state index contributed by atoms with van der Waals surface area (Å²) in [5.41, 5.74) is 2.33. The van der Waals surface area contributed by atoms with E-state index in [1.54, 1.807) is 19.2 Å². The Bertz CT molecular complexity index is 1240. The lowest BCUT2D eigenvalue weighted by Crippen LogP contribution is -2.30. The minimum atomic E-state index is -3.81. The maximum absolute atomic E-state index is 13.2. The van der Waals surface area contributed by atoms with Crippen LogP contribution in [0, 0.1) is 12.8 Å². The summed E-state index contributed by atoms with van der Waals surface area (Å²) >= 11 is 6.32. The number of anilines is 1. The lowest BCUT2D eigenvalue weighted by molar-refractivity contribution is 0.0932. The van der Waals surface area contributed by atoms with Gasteiger partial charge in [-0.15, -0.1) is 0 Å². The van der Waals surface area contributed by atoms with Gasteiger partial charge in [-0.3, -0.25) is 9.52 Å². The smallest absolute Gasteiger partial charge is 0.261 e. The number of carbonyl (C=O) groups is 1. The molecule has 0 aliphatic rings. The molecule has 34 heavy (non-hydrogen) atoms. The number of rotatable bonds is 9. The first-order valence-corrected chi connectivity index (χ1v) is 12.8. The van der Waals surface area contributed by atoms with Gasteiger partial charge in [0.05, 0.1) is 28.6 Å². The summed E-state index contributed by atoms with van der Waals surface area (Å²) in [5.74, 6) is 0.674. The maximum Gasteiger partial charge on any atom is 0.261 e. The molecule has 0 aliphatic carbocycles. The van der Waals surface area contributed by atoms with Crippen molar-refractivity contribution in [3.8, 4) is 5.75 Å². The molecule has 8 heteroatoms. The van der Waals surface area contributed by atoms with Crippen LogP contribution in [0.5, 0.6) is 5.75 Å². The Labute approximate surface area is 206 Å². The summed E-state index contributed by atoms with van der Waals surface area (Å²) < 4.78 is 33.3. The van der Waals surface area contributed by atoms with E-state index in [-0.39, 0.29) is 33.1 Å². The zero-order valence-corrected chi connectivity index (χ0v) is 21.2. The standard InChI is InChI=1S/C26H29ClN2O4S/c1-17(2)15-25(19-7-10-21(33-4)11-8-19)28-26(30)23-16-20(9-14-24(23)27)29-34(31,32)22-12-5-18(3)6-13-22/h5-14,16-17,25,29H,15H2,1-4H3,(H,28,30). The Kier molecular flexibility index (Phi) is 8.23. The molecule has 0 aliphatic heterocycles. The summed E-state index contributed by atoms with van der Waals surface area (Å²) in [7, 11) is -2.21. The van der Waals surface area contributed by atoms with Gasteiger partial charge in [0.2, 0.25) is 0 Å². The normalized spacial score (nSPS) is 12.3. The molecule has 0 heterocycles. The van der Waals surface area contributed by atoms with Gasteiger partial charge in [-0.05, 0) is 67.3 Å². The maximum atomic E-state index is 13.2. The fourth-order valence-corrected chi connectivity index (χ4v) is 4.77. The van der Waals surface area contributed by atoms with Crippen LogP contribution in [0.25, 0.3) is 0 Å². The van der Waals surface area contributed by atoms with E-state index >= 15 is 0 Å². The topological polar surface area (TPSA) is 84.5 Å². The first-order chi connectivity index (χ1) is 16.1. The van der Waals surface area contributed by atoms with Crippen molar-refractivity contribution in [1.82, 2.24) is 5.32 Å². The molecule has 0 fully saturated rings. The second-order valence-corrected chi connectivity index (χ2v) is 10.6. The number of nitrogens with one attached hydrogen (secondary N) is 2. The molecule has 0 saturated carbocycles. The van der Waals surface area contributed by atoms with Gasteiger partial charge in [0.25, 0.3) is 15.9 Å². The molecule has 0 radical (unpaired) electrons. The van der Waals surface area contributed by atoms with E-state index in [2.05, 4.69) is 23.9 Å². The van der Waals surface area contributed by atoms with E-state index in [0.717, 1.165) is 23.3 Å². The molecule has 3 rings (SSSR count). The zero-order valence-electron chi connectivity index (χ0n) is 19.6. The van der Waals surface area contributed by atoms with Crippen molar-refractivity contribution in [1.29, 1.82) is 0 Å². The number of sulfonamides is 1. The molecule has 2 N–H and O–H groups in total. The van der Waals surface area contributed by atoms with Gasteiger partial charge >= 0.3 is 0 Å². The Morgan fingerprint density at radius 1 is 1.00 bits per heavy atom. The third-order valence-corrected chi connectivity index (χ3v) is 7.05. The van der Waals surface area contributed by atoms with Gasteiger partial charge < -0.3 is 10.1 Å². The molecular formula is C26H29ClN2O4S. The molecule has 3 aromatic carbocycles. The van der Waals surface area contributed by atoms with E-state index in [1.807, 2.05) is 31.2 Å². The van der Waals surface area contributed by atoms with E-state index < -0.39 is 10.0 Å². The minimum Gasteiger partial charge on any atom is -0.497 e. The van der Waals surface area contributed by atoms with E-state index in [0.29, 0.717) is 5.92 Å². The highest BCUT2D eigenvalue weighted by Crippen LogP contribution is 2.27. The molecule has 0 aromatic heterocycles. The van der Waals surface area contributed by atoms with Gasteiger partial charge in [-0.1, -0.05) is 55.3 Å². The first-order valence-electron chi connectivity index (χ1n) is 10.9. The number of carbonyl (C=O) groups excluding carboxylic acids is 1. The second kappa shape index (κ2) is 10.9. The fourth-order valence-electron chi connectivity index (χ4n) is 3.52. The van der Waals surface area contributed by atoms with Gasteiger partial charge in [-0.25, -0.2) is 8.42 Å². The molecule has 3 aromatic rings. The summed E-state index contributed by atoms with van der Waals surface area (Å²) in [5, 5.41) is 3.28. The number of amides is 1. The Morgan fingerprint density at radius 3 is 2.24 bits per heavy atom. The van der Waals surface area contributed by atoms with Crippen molar-refractivity contribution in [2.75, 3.05) is 11.8 Å². The monoisotopic (exact) mass is 500 g/mol. The van der Waals surface area contributed by atoms with Crippen LogP contribution in [0.4, 0.5) is 5.69 Å². The van der Waals surface area contributed by atoms with E-state index in [1.165, 1.54) is 30.3 Å². The SMILES string of the molecule is COc1ccc(C(CC(C)C)NC(=O)c2cc(NS(=O)(=O)c3ccc(C)cc3)ccc2Cl)cc1. The van der Waals surface area contributed by atoms with Gasteiger partial charge in [0.15, 0.2) is 0 Å². The fraction of sp³-hybridized carbons (Fsp3) is 0.269. The van der Waals surface area contributed by atoms with Crippen LogP contribution in [-0.4, -0.2) is 21.4 Å². The molecule has 6 nitrogen and oxygen atoms in total. The van der Waals surface area contributed by atoms with Crippen LogP contribution in [0.1, 0.15) is 47.8 Å². The Morgan fingerprint density at radius 2 is 1.65 bits per heavy atom. The molecule has 1 atom stereocenters. The van der Waals surface area contributed by atoms with Crippen LogP contribution in [-0.2, 0) is 10.0 Å². The summed E-state index contributed by atoms with van der Waals surface area (Å²) in [4.78, 5) is 13.3. The van der Waals surface area contributed by atoms with E-state index in [9.17, 15) is 13.2 Å². The zero-order chi connectivity index (χ0) is 24.9.